The maximum atomic E-state index is 10.1. The summed E-state index contributed by atoms with van der Waals surface area (Å²) in [4.78, 5) is 5.48. The first kappa shape index (κ1) is 14.2. The third-order valence-corrected chi connectivity index (χ3v) is 4.18. The summed E-state index contributed by atoms with van der Waals surface area (Å²) in [6.07, 6.45) is 3.99. The molecule has 1 N–H and O–H groups in total. The third-order valence-electron chi connectivity index (χ3n) is 3.02. The van der Waals surface area contributed by atoms with Crippen LogP contribution in [0.5, 0.6) is 0 Å². The molecule has 2 rings (SSSR count). The zero-order valence-electron chi connectivity index (χ0n) is 11.4. The number of nitrogens with zero attached hydrogens (tertiary/aromatic N) is 2. The van der Waals surface area contributed by atoms with E-state index >= 15 is 0 Å². The van der Waals surface area contributed by atoms with Gasteiger partial charge in [0.2, 0.25) is 0 Å². The van der Waals surface area contributed by atoms with Crippen molar-refractivity contribution in [3.8, 4) is 0 Å². The lowest BCUT2D eigenvalue weighted by molar-refractivity contribution is 0.196. The van der Waals surface area contributed by atoms with Crippen LogP contribution < -0.4 is 0 Å². The van der Waals surface area contributed by atoms with Gasteiger partial charge in [-0.3, -0.25) is 0 Å². The van der Waals surface area contributed by atoms with Crippen molar-refractivity contribution in [2.24, 2.45) is 0 Å². The smallest absolute Gasteiger partial charge is 0.111 e. The fourth-order valence-electron chi connectivity index (χ4n) is 1.91. The molecule has 0 aliphatic heterocycles. The van der Waals surface area contributed by atoms with Crippen molar-refractivity contribution in [2.45, 2.75) is 37.8 Å². The molecule has 0 radical (unpaired) electrons. The van der Waals surface area contributed by atoms with Crippen molar-refractivity contribution in [3.05, 3.63) is 48.0 Å². The fourth-order valence-corrected chi connectivity index (χ4v) is 2.75. The van der Waals surface area contributed by atoms with E-state index < -0.39 is 0 Å². The van der Waals surface area contributed by atoms with E-state index in [-0.39, 0.29) is 6.10 Å². The Morgan fingerprint density at radius 1 is 1.32 bits per heavy atom. The fraction of sp³-hybridized carbons (Fsp3) is 0.400. The molecule has 1 unspecified atom stereocenters. The molecule has 0 aliphatic rings. The molecule has 0 spiro atoms. The SMILES string of the molecule is CCn1ccnc1CC(O)CSc1ccc(C)cc1. The van der Waals surface area contributed by atoms with Gasteiger partial charge in [-0.15, -0.1) is 11.8 Å². The van der Waals surface area contributed by atoms with Crippen LogP contribution in [0.25, 0.3) is 0 Å². The summed E-state index contributed by atoms with van der Waals surface area (Å²) in [6.45, 7) is 5.06. The average molecular weight is 276 g/mol. The predicted molar refractivity (Wildman–Crippen MR) is 79.5 cm³/mol. The lowest BCUT2D eigenvalue weighted by atomic mass is 10.2. The molecule has 4 heteroatoms. The highest BCUT2D eigenvalue weighted by atomic mass is 32.2. The molecule has 102 valence electrons. The standard InChI is InChI=1S/C15H20N2OS/c1-3-17-9-8-16-15(17)10-13(18)11-19-14-6-4-12(2)5-7-14/h4-9,13,18H,3,10-11H2,1-2H3. The lowest BCUT2D eigenvalue weighted by Gasteiger charge is -2.11. The zero-order chi connectivity index (χ0) is 13.7. The molecular weight excluding hydrogens is 256 g/mol. The van der Waals surface area contributed by atoms with Crippen LogP contribution in [0.2, 0.25) is 0 Å². The lowest BCUT2D eigenvalue weighted by Crippen LogP contribution is -2.16. The van der Waals surface area contributed by atoms with Gasteiger partial charge in [-0.05, 0) is 26.0 Å². The van der Waals surface area contributed by atoms with Crippen molar-refractivity contribution in [3.63, 3.8) is 0 Å². The molecule has 0 saturated heterocycles. The number of hydrogen-bond donors (Lipinski definition) is 1. The molecule has 0 fully saturated rings. The minimum Gasteiger partial charge on any atom is -0.392 e. The molecule has 1 aromatic heterocycles. The first-order valence-corrected chi connectivity index (χ1v) is 7.55. The van der Waals surface area contributed by atoms with Gasteiger partial charge in [-0.1, -0.05) is 17.7 Å². The van der Waals surface area contributed by atoms with E-state index in [2.05, 4.69) is 47.7 Å². The summed E-state index contributed by atoms with van der Waals surface area (Å²) in [5.41, 5.74) is 1.26. The number of hydrogen-bond acceptors (Lipinski definition) is 3. The summed E-state index contributed by atoms with van der Waals surface area (Å²) < 4.78 is 2.07. The Hall–Kier alpha value is -1.26. The number of benzene rings is 1. The quantitative estimate of drug-likeness (QED) is 0.824. The Morgan fingerprint density at radius 3 is 2.74 bits per heavy atom. The van der Waals surface area contributed by atoms with Gasteiger partial charge in [0.15, 0.2) is 0 Å². The predicted octanol–water partition coefficient (Wildman–Crippen LogP) is 2.91. The molecule has 1 aromatic carbocycles. The van der Waals surface area contributed by atoms with Gasteiger partial charge in [0, 0.05) is 36.0 Å². The van der Waals surface area contributed by atoms with Crippen molar-refractivity contribution < 1.29 is 5.11 Å². The van der Waals surface area contributed by atoms with E-state index in [1.807, 2.05) is 6.20 Å². The molecule has 0 saturated carbocycles. The molecule has 0 aliphatic carbocycles. The summed E-state index contributed by atoms with van der Waals surface area (Å²) in [6, 6.07) is 8.39. The number of aromatic nitrogens is 2. The van der Waals surface area contributed by atoms with Gasteiger partial charge in [-0.25, -0.2) is 4.98 Å². The Balaban J connectivity index is 1.84. The first-order chi connectivity index (χ1) is 9.19. The van der Waals surface area contributed by atoms with Crippen molar-refractivity contribution in [2.75, 3.05) is 5.75 Å². The first-order valence-electron chi connectivity index (χ1n) is 6.56. The molecule has 3 nitrogen and oxygen atoms in total. The number of aliphatic hydroxyl groups excluding tert-OH is 1. The van der Waals surface area contributed by atoms with Gasteiger partial charge in [0.1, 0.15) is 5.82 Å². The molecular formula is C15H20N2OS. The van der Waals surface area contributed by atoms with Crippen LogP contribution in [-0.4, -0.2) is 26.5 Å². The minimum absolute atomic E-state index is 0.362. The Labute approximate surface area is 118 Å². The topological polar surface area (TPSA) is 38.0 Å². The van der Waals surface area contributed by atoms with E-state index in [0.29, 0.717) is 12.2 Å². The van der Waals surface area contributed by atoms with Crippen molar-refractivity contribution in [1.29, 1.82) is 0 Å². The van der Waals surface area contributed by atoms with Crippen LogP contribution in [0.4, 0.5) is 0 Å². The normalized spacial score (nSPS) is 12.6. The van der Waals surface area contributed by atoms with Crippen LogP contribution in [0, 0.1) is 6.92 Å². The van der Waals surface area contributed by atoms with E-state index in [4.69, 9.17) is 0 Å². The highest BCUT2D eigenvalue weighted by molar-refractivity contribution is 7.99. The second-order valence-corrected chi connectivity index (χ2v) is 5.70. The molecule has 19 heavy (non-hydrogen) atoms. The highest BCUT2D eigenvalue weighted by Crippen LogP contribution is 2.20. The van der Waals surface area contributed by atoms with Crippen molar-refractivity contribution >= 4 is 11.8 Å². The molecule has 2 aromatic rings. The highest BCUT2D eigenvalue weighted by Gasteiger charge is 2.10. The van der Waals surface area contributed by atoms with Crippen LogP contribution in [0.1, 0.15) is 18.3 Å². The summed E-state index contributed by atoms with van der Waals surface area (Å²) in [5.74, 6) is 1.65. The second-order valence-electron chi connectivity index (χ2n) is 4.61. The summed E-state index contributed by atoms with van der Waals surface area (Å²) in [7, 11) is 0. The van der Waals surface area contributed by atoms with Gasteiger partial charge in [0.25, 0.3) is 0 Å². The van der Waals surface area contributed by atoms with Gasteiger partial charge < -0.3 is 9.67 Å². The molecule has 0 amide bonds. The zero-order valence-corrected chi connectivity index (χ0v) is 12.2. The maximum Gasteiger partial charge on any atom is 0.111 e. The summed E-state index contributed by atoms with van der Waals surface area (Å²) >= 11 is 1.69. The largest absolute Gasteiger partial charge is 0.392 e. The Bertz CT molecular complexity index is 507. The van der Waals surface area contributed by atoms with Crippen LogP contribution in [-0.2, 0) is 13.0 Å². The van der Waals surface area contributed by atoms with Gasteiger partial charge >= 0.3 is 0 Å². The number of imidazole rings is 1. The van der Waals surface area contributed by atoms with Gasteiger partial charge in [-0.2, -0.15) is 0 Å². The number of aliphatic hydroxyl groups is 1. The van der Waals surface area contributed by atoms with Gasteiger partial charge in [0.05, 0.1) is 6.10 Å². The van der Waals surface area contributed by atoms with Crippen LogP contribution >= 0.6 is 11.8 Å². The van der Waals surface area contributed by atoms with E-state index in [9.17, 15) is 5.11 Å². The summed E-state index contributed by atoms with van der Waals surface area (Å²) in [5, 5.41) is 10.1. The van der Waals surface area contributed by atoms with E-state index in [1.54, 1.807) is 18.0 Å². The van der Waals surface area contributed by atoms with Crippen molar-refractivity contribution in [1.82, 2.24) is 9.55 Å². The third kappa shape index (κ3) is 4.11. The monoisotopic (exact) mass is 276 g/mol. The number of thioether (sulfide) groups is 1. The van der Waals surface area contributed by atoms with Crippen LogP contribution in [0.15, 0.2) is 41.6 Å². The second kappa shape index (κ2) is 6.78. The Kier molecular flexibility index (Phi) is 5.05. The van der Waals surface area contributed by atoms with E-state index in [1.165, 1.54) is 10.5 Å². The minimum atomic E-state index is -0.362. The molecule has 1 atom stereocenters. The Morgan fingerprint density at radius 2 is 2.05 bits per heavy atom. The maximum absolute atomic E-state index is 10.1. The van der Waals surface area contributed by atoms with Crippen LogP contribution in [0.3, 0.4) is 0 Å². The molecule has 0 bridgehead atoms. The van der Waals surface area contributed by atoms with E-state index in [0.717, 1.165) is 12.4 Å². The number of rotatable bonds is 6. The number of aryl methyl sites for hydroxylation is 2. The molecule has 1 heterocycles. The average Bonchev–Trinajstić information content (AvgIpc) is 2.85.